The van der Waals surface area contributed by atoms with Crippen LogP contribution in [0.3, 0.4) is 0 Å². The van der Waals surface area contributed by atoms with E-state index in [1.165, 1.54) is 13.0 Å². The first-order valence-corrected chi connectivity index (χ1v) is 17.2. The van der Waals surface area contributed by atoms with E-state index < -0.39 is 79.0 Å². The number of fused-ring (bicyclic) bond motifs is 4. The number of benzene rings is 7. The van der Waals surface area contributed by atoms with E-state index in [9.17, 15) is 0 Å². The van der Waals surface area contributed by atoms with E-state index in [0.717, 1.165) is 5.39 Å². The second kappa shape index (κ2) is 14.9. The van der Waals surface area contributed by atoms with Crippen LogP contribution in [0.4, 0.5) is 0 Å². The topological polar surface area (TPSA) is 35.9 Å². The van der Waals surface area contributed by atoms with Gasteiger partial charge in [-0.3, -0.25) is 4.57 Å². The maximum Gasteiger partial charge on any atom is 0.268 e. The fourth-order valence-electron chi connectivity index (χ4n) is 6.80. The summed E-state index contributed by atoms with van der Waals surface area (Å²) in [6.45, 7) is 1.23. The number of nitrogens with zero attached hydrogens (tertiary/aromatic N) is 4. The van der Waals surface area contributed by atoms with Crippen LogP contribution in [0.15, 0.2) is 176 Å². The fourth-order valence-corrected chi connectivity index (χ4v) is 6.80. The summed E-state index contributed by atoms with van der Waals surface area (Å²) in [7, 11) is 0. The maximum absolute atomic E-state index is 9.06. The SMILES string of the molecule is [2H]c1nc(-n2c3[c-]c(Oc4[c-]c(-n5[c-][n+](-c6c(-c7c([2H])c([2H])c([2H])c([2H])c7[2H])cccc6-c6c([2H])c([2H])c([2H])c([2H])c6[2H])c6ccccc65)ccc4)ccc3c3ccccc32)c([2H])c(C([2H])([2H])C)c1[2H].[Pt]. The van der Waals surface area contributed by atoms with E-state index >= 15 is 0 Å². The van der Waals surface area contributed by atoms with Gasteiger partial charge in [-0.05, 0) is 63.4 Å². The minimum Gasteiger partial charge on any atom is -0.510 e. The number of hydrogen-bond donors (Lipinski definition) is 0. The van der Waals surface area contributed by atoms with Gasteiger partial charge in [0.2, 0.25) is 0 Å². The molecular formula is C50H34N4OPt-2. The molecule has 10 rings (SSSR count). The second-order valence-electron chi connectivity index (χ2n) is 12.3. The predicted molar refractivity (Wildman–Crippen MR) is 220 cm³/mol. The molecule has 0 atom stereocenters. The zero-order valence-corrected chi connectivity index (χ0v) is 31.5. The molecule has 0 aliphatic heterocycles. The summed E-state index contributed by atoms with van der Waals surface area (Å²) < 4.78 is 141. The van der Waals surface area contributed by atoms with Crippen LogP contribution in [-0.4, -0.2) is 14.1 Å². The van der Waals surface area contributed by atoms with Crippen LogP contribution < -0.4 is 9.30 Å². The monoisotopic (exact) mass is 916 g/mol. The Hall–Kier alpha value is -6.55. The quantitative estimate of drug-likeness (QED) is 0.112. The molecule has 0 fully saturated rings. The number of pyridine rings is 1. The summed E-state index contributed by atoms with van der Waals surface area (Å²) in [5, 5.41) is 1.47. The summed E-state index contributed by atoms with van der Waals surface area (Å²) in [6.07, 6.45) is 0.721. The zero-order chi connectivity index (χ0) is 49.8. The van der Waals surface area contributed by atoms with E-state index in [1.807, 2.05) is 18.2 Å². The Morgan fingerprint density at radius 2 is 1.38 bits per heavy atom. The molecule has 0 saturated carbocycles. The van der Waals surface area contributed by atoms with Gasteiger partial charge in [-0.2, -0.15) is 18.2 Å². The van der Waals surface area contributed by atoms with Gasteiger partial charge in [-0.25, -0.2) is 4.98 Å². The molecule has 0 saturated heterocycles. The standard InChI is InChI=1S/C50H34N4O.Pt/c1-2-35-29-30-51-49(31-35)54-45-24-10-9-21-43(45)44-28-27-40(33-48(44)54)55-39-20-13-19-38(32-39)52-34-53(47-26-12-11-25-46(47)52)50-41(36-15-5-3-6-16-36)22-14-23-42(50)37-17-7-4-8-18-37;/h3-31H,2H2,1H3;/q-2;/i2D2,3D,4D,5D,6D,7D,8D,15D,16D,17D,18D,29D,30D,31D;. The van der Waals surface area contributed by atoms with Gasteiger partial charge in [0, 0.05) is 47.0 Å². The van der Waals surface area contributed by atoms with Crippen LogP contribution >= 0.6 is 0 Å². The van der Waals surface area contributed by atoms with Crippen molar-refractivity contribution in [2.24, 2.45) is 0 Å². The van der Waals surface area contributed by atoms with Crippen molar-refractivity contribution in [1.29, 1.82) is 0 Å². The summed E-state index contributed by atoms with van der Waals surface area (Å²) in [5.74, 6) is 0.389. The number of rotatable bonds is 8. The Kier molecular flexibility index (Phi) is 5.90. The Morgan fingerprint density at radius 3 is 2.12 bits per heavy atom. The van der Waals surface area contributed by atoms with Crippen LogP contribution in [0.1, 0.15) is 33.0 Å². The van der Waals surface area contributed by atoms with Crippen molar-refractivity contribution in [2.45, 2.75) is 13.3 Å². The molecule has 0 unspecified atom stereocenters. The minimum absolute atomic E-state index is 0. The summed E-state index contributed by atoms with van der Waals surface area (Å²) in [4.78, 5) is 4.31. The molecule has 3 aromatic heterocycles. The van der Waals surface area contributed by atoms with Gasteiger partial charge in [-0.15, -0.1) is 29.7 Å². The molecule has 0 spiro atoms. The van der Waals surface area contributed by atoms with Crippen LogP contribution in [0.25, 0.3) is 72.3 Å². The Balaban J connectivity index is 0.00000624. The molecule has 6 heteroatoms. The van der Waals surface area contributed by atoms with Gasteiger partial charge in [0.25, 0.3) is 6.33 Å². The molecule has 0 aliphatic rings. The third-order valence-electron chi connectivity index (χ3n) is 9.17. The Bertz CT molecular complexity index is 3720. The maximum atomic E-state index is 9.06. The third kappa shape index (κ3) is 6.20. The van der Waals surface area contributed by atoms with Gasteiger partial charge in [0.05, 0.1) is 34.5 Å². The normalized spacial score (nSPS) is 15.3. The van der Waals surface area contributed by atoms with Crippen LogP contribution in [0, 0.1) is 18.5 Å². The van der Waals surface area contributed by atoms with E-state index in [-0.39, 0.29) is 77.9 Å². The van der Waals surface area contributed by atoms with Gasteiger partial charge < -0.3 is 13.9 Å². The molecule has 10 aromatic rings. The molecule has 0 amide bonds. The zero-order valence-electron chi connectivity index (χ0n) is 44.3. The molecule has 0 radical (unpaired) electrons. The predicted octanol–water partition coefficient (Wildman–Crippen LogP) is 11.5. The Labute approximate surface area is 361 Å². The Morgan fingerprint density at radius 1 is 0.696 bits per heavy atom. The van der Waals surface area contributed by atoms with Gasteiger partial charge >= 0.3 is 0 Å². The van der Waals surface area contributed by atoms with Crippen molar-refractivity contribution in [3.8, 4) is 50.9 Å². The number of hydrogen-bond acceptors (Lipinski definition) is 2. The van der Waals surface area contributed by atoms with E-state index in [1.54, 1.807) is 86.5 Å². The number of para-hydroxylation sites is 4. The first-order valence-electron chi connectivity index (χ1n) is 24.7. The van der Waals surface area contributed by atoms with Gasteiger partial charge in [-0.1, -0.05) is 134 Å². The molecule has 5 nitrogen and oxygen atoms in total. The van der Waals surface area contributed by atoms with Crippen LogP contribution in [-0.2, 0) is 27.4 Å². The molecule has 0 bridgehead atoms. The van der Waals surface area contributed by atoms with Crippen molar-refractivity contribution < 1.29 is 50.9 Å². The van der Waals surface area contributed by atoms with Crippen molar-refractivity contribution in [2.75, 3.05) is 0 Å². The molecular weight excluding hydrogens is 868 g/mol. The number of imidazole rings is 1. The smallest absolute Gasteiger partial charge is 0.268 e. The van der Waals surface area contributed by atoms with E-state index in [4.69, 9.17) is 25.3 Å². The molecule has 272 valence electrons. The van der Waals surface area contributed by atoms with E-state index in [2.05, 4.69) is 23.4 Å². The molecule has 56 heavy (non-hydrogen) atoms. The second-order valence-corrected chi connectivity index (χ2v) is 12.3. The molecule has 3 heterocycles. The van der Waals surface area contributed by atoms with E-state index in [0.29, 0.717) is 33.1 Å². The molecule has 7 aromatic carbocycles. The van der Waals surface area contributed by atoms with Crippen LogP contribution in [0.2, 0.25) is 0 Å². The minimum atomic E-state index is -2.12. The summed E-state index contributed by atoms with van der Waals surface area (Å²) >= 11 is 0. The first-order chi connectivity index (χ1) is 33.3. The van der Waals surface area contributed by atoms with Gasteiger partial charge in [0.1, 0.15) is 5.82 Å². The van der Waals surface area contributed by atoms with Crippen molar-refractivity contribution >= 4 is 32.8 Å². The van der Waals surface area contributed by atoms with Crippen LogP contribution in [0.5, 0.6) is 11.5 Å². The summed E-state index contributed by atoms with van der Waals surface area (Å²) in [6, 6.07) is 27.8. The average molecular weight is 917 g/mol. The van der Waals surface area contributed by atoms with Crippen molar-refractivity contribution in [3.05, 3.63) is 200 Å². The third-order valence-corrected chi connectivity index (χ3v) is 9.17. The molecule has 0 N–H and O–H groups in total. The van der Waals surface area contributed by atoms with Gasteiger partial charge in [0.15, 0.2) is 0 Å². The number of aromatic nitrogens is 4. The average Bonchev–Trinajstić information content (AvgIpc) is 3.88. The first kappa shape index (κ1) is 22.1. The van der Waals surface area contributed by atoms with Crippen molar-refractivity contribution in [3.63, 3.8) is 0 Å². The largest absolute Gasteiger partial charge is 0.510 e. The number of ether oxygens (including phenoxy) is 1. The van der Waals surface area contributed by atoms with Crippen molar-refractivity contribution in [1.82, 2.24) is 14.1 Å². The molecule has 0 aliphatic carbocycles. The fraction of sp³-hybridized carbons (Fsp3) is 0.0400. The summed E-state index contributed by atoms with van der Waals surface area (Å²) in [5.41, 5.74) is 2.10.